The second-order valence-corrected chi connectivity index (χ2v) is 13.5. The van der Waals surface area contributed by atoms with Crippen LogP contribution in [0.5, 0.6) is 11.5 Å². The van der Waals surface area contributed by atoms with Crippen molar-refractivity contribution >= 4 is 40.2 Å². The first kappa shape index (κ1) is 33.6. The number of hydrogen-bond acceptors (Lipinski definition) is 7. The van der Waals surface area contributed by atoms with Crippen molar-refractivity contribution in [1.82, 2.24) is 14.7 Å². The molecule has 2 fully saturated rings. The Morgan fingerprint density at radius 1 is 0.860 bits per heavy atom. The monoisotopic (exact) mass is 673 g/mol. The lowest BCUT2D eigenvalue weighted by Crippen LogP contribution is -2.48. The molecule has 1 N–H and O–H groups in total. The second-order valence-electron chi connectivity index (χ2n) is 13.5. The fourth-order valence-electron chi connectivity index (χ4n) is 7.31. The number of rotatable bonds is 13. The molecule has 1 atom stereocenters. The lowest BCUT2D eigenvalue weighted by molar-refractivity contribution is 0.0635. The summed E-state index contributed by atoms with van der Waals surface area (Å²) in [4.78, 5) is 37.7. The summed E-state index contributed by atoms with van der Waals surface area (Å²) in [6, 6.07) is 26.4. The van der Waals surface area contributed by atoms with Crippen molar-refractivity contribution < 1.29 is 19.1 Å². The summed E-state index contributed by atoms with van der Waals surface area (Å²) in [5.41, 5.74) is 4.02. The number of nitrogens with zero attached hydrogens (tertiary/aromatic N) is 4. The van der Waals surface area contributed by atoms with Crippen molar-refractivity contribution in [2.75, 3.05) is 58.3 Å². The minimum absolute atomic E-state index is 0.0177. The van der Waals surface area contributed by atoms with Crippen molar-refractivity contribution in [3.05, 3.63) is 95.6 Å². The highest BCUT2D eigenvalue weighted by molar-refractivity contribution is 6.03. The number of amides is 2. The fourth-order valence-corrected chi connectivity index (χ4v) is 7.31. The van der Waals surface area contributed by atoms with Crippen LogP contribution in [0, 0.1) is 0 Å². The summed E-state index contributed by atoms with van der Waals surface area (Å²) in [6.07, 6.45) is 8.12. The molecule has 2 amide bonds. The van der Waals surface area contributed by atoms with E-state index in [1.165, 1.54) is 16.3 Å². The van der Waals surface area contributed by atoms with Gasteiger partial charge >= 0.3 is 0 Å². The average Bonchev–Trinajstić information content (AvgIpc) is 3.59. The lowest BCUT2D eigenvalue weighted by atomic mass is 10.1. The Labute approximate surface area is 294 Å². The van der Waals surface area contributed by atoms with Gasteiger partial charge in [-0.15, -0.1) is 0 Å². The van der Waals surface area contributed by atoms with Gasteiger partial charge in [-0.25, -0.2) is 0 Å². The first-order chi connectivity index (χ1) is 24.6. The van der Waals surface area contributed by atoms with Crippen LogP contribution in [0.2, 0.25) is 0 Å². The molecule has 260 valence electrons. The molecular weight excluding hydrogens is 626 g/mol. The Balaban J connectivity index is 0.820. The van der Waals surface area contributed by atoms with Gasteiger partial charge in [-0.1, -0.05) is 61.4 Å². The Morgan fingerprint density at radius 3 is 2.52 bits per heavy atom. The molecule has 3 aliphatic rings. The summed E-state index contributed by atoms with van der Waals surface area (Å²) in [6.45, 7) is 6.31. The summed E-state index contributed by atoms with van der Waals surface area (Å²) in [7, 11) is 1.61. The molecule has 0 radical (unpaired) electrons. The molecule has 2 saturated heterocycles. The summed E-state index contributed by atoms with van der Waals surface area (Å²) < 4.78 is 11.7. The predicted molar refractivity (Wildman–Crippen MR) is 199 cm³/mol. The molecule has 7 rings (SSSR count). The minimum Gasteiger partial charge on any atom is -0.493 e. The molecule has 4 aromatic carbocycles. The van der Waals surface area contributed by atoms with E-state index in [0.29, 0.717) is 35.9 Å². The highest BCUT2D eigenvalue weighted by Crippen LogP contribution is 2.38. The zero-order valence-corrected chi connectivity index (χ0v) is 29.0. The number of fused-ring (bicyclic) bond motifs is 3. The maximum atomic E-state index is 13.6. The zero-order chi connectivity index (χ0) is 34.3. The number of carbonyl (C=O) groups is 2. The molecule has 4 aromatic rings. The van der Waals surface area contributed by atoms with Gasteiger partial charge in [0.2, 0.25) is 0 Å². The maximum absolute atomic E-state index is 13.6. The Kier molecular flexibility index (Phi) is 10.6. The Morgan fingerprint density at radius 2 is 1.66 bits per heavy atom. The summed E-state index contributed by atoms with van der Waals surface area (Å²) >= 11 is 0. The molecule has 0 spiro atoms. The third-order valence-corrected chi connectivity index (χ3v) is 10.2. The van der Waals surface area contributed by atoms with Gasteiger partial charge in [0.1, 0.15) is 0 Å². The molecule has 3 aliphatic heterocycles. The van der Waals surface area contributed by atoms with Gasteiger partial charge in [0.25, 0.3) is 11.8 Å². The standard InChI is InChI=1S/C41H47N5O4/c1-49-38-26-35-37(43-29-33-13-10-19-46(33)41(35)48)27-39(38)50-24-9-3-2-8-18-44-20-22-45(23-21-44)40(47)34-14-6-7-15-36(34)42-28-30-16-17-31-11-4-5-12-32(31)25-30/h4-7,11-12,14-17,25-27,29,33,42H,2-3,8-10,13,18-24,28H2,1H3/t33-/m0/s1. The highest BCUT2D eigenvalue weighted by atomic mass is 16.5. The number of ether oxygens (including phenoxy) is 2. The van der Waals surface area contributed by atoms with E-state index >= 15 is 0 Å². The number of unbranched alkanes of at least 4 members (excludes halogenated alkanes) is 3. The van der Waals surface area contributed by atoms with Crippen LogP contribution in [0.3, 0.4) is 0 Å². The number of piperazine rings is 1. The highest BCUT2D eigenvalue weighted by Gasteiger charge is 2.32. The number of aliphatic imine (C=N–C) groups is 1. The van der Waals surface area contributed by atoms with Gasteiger partial charge in [0, 0.05) is 57.2 Å². The van der Waals surface area contributed by atoms with E-state index in [2.05, 4.69) is 57.7 Å². The van der Waals surface area contributed by atoms with E-state index in [1.807, 2.05) is 46.3 Å². The zero-order valence-electron chi connectivity index (χ0n) is 29.0. The van der Waals surface area contributed by atoms with Gasteiger partial charge in [0.15, 0.2) is 11.5 Å². The molecule has 0 bridgehead atoms. The summed E-state index contributed by atoms with van der Waals surface area (Å²) in [5.74, 6) is 1.32. The van der Waals surface area contributed by atoms with Crippen molar-refractivity contribution in [3.63, 3.8) is 0 Å². The van der Waals surface area contributed by atoms with Gasteiger partial charge in [-0.05, 0) is 72.8 Å². The van der Waals surface area contributed by atoms with Crippen molar-refractivity contribution in [2.45, 2.75) is 51.1 Å². The minimum atomic E-state index is 0.0177. The molecule has 9 nitrogen and oxygen atoms in total. The number of benzene rings is 4. The topological polar surface area (TPSA) is 86.7 Å². The number of methoxy groups -OCH3 is 1. The first-order valence-corrected chi connectivity index (χ1v) is 18.1. The van der Waals surface area contributed by atoms with E-state index in [9.17, 15) is 9.59 Å². The van der Waals surface area contributed by atoms with Gasteiger partial charge in [0.05, 0.1) is 36.6 Å². The van der Waals surface area contributed by atoms with Crippen LogP contribution in [0.15, 0.2) is 83.9 Å². The molecule has 0 unspecified atom stereocenters. The number of nitrogens with one attached hydrogen (secondary N) is 1. The smallest absolute Gasteiger partial charge is 0.256 e. The van der Waals surface area contributed by atoms with E-state index in [0.717, 1.165) is 89.0 Å². The molecule has 0 aliphatic carbocycles. The molecular formula is C41H47N5O4. The first-order valence-electron chi connectivity index (χ1n) is 18.1. The third kappa shape index (κ3) is 7.63. The Hall–Kier alpha value is -4.89. The molecule has 9 heteroatoms. The molecule has 50 heavy (non-hydrogen) atoms. The average molecular weight is 674 g/mol. The fraction of sp³-hybridized carbons (Fsp3) is 0.390. The normalized spacial score (nSPS) is 17.4. The third-order valence-electron chi connectivity index (χ3n) is 10.2. The van der Waals surface area contributed by atoms with Crippen LogP contribution >= 0.6 is 0 Å². The molecule has 3 heterocycles. The number of hydrogen-bond donors (Lipinski definition) is 1. The Bertz CT molecular complexity index is 1850. The van der Waals surface area contributed by atoms with Crippen LogP contribution in [0.4, 0.5) is 11.4 Å². The largest absolute Gasteiger partial charge is 0.493 e. The van der Waals surface area contributed by atoms with Crippen LogP contribution in [0.25, 0.3) is 10.8 Å². The number of para-hydroxylation sites is 1. The summed E-state index contributed by atoms with van der Waals surface area (Å²) in [5, 5.41) is 5.96. The van der Waals surface area contributed by atoms with E-state index in [1.54, 1.807) is 13.2 Å². The van der Waals surface area contributed by atoms with Gasteiger partial charge in [-0.3, -0.25) is 19.5 Å². The van der Waals surface area contributed by atoms with Crippen LogP contribution < -0.4 is 14.8 Å². The van der Waals surface area contributed by atoms with Crippen LogP contribution in [-0.4, -0.2) is 91.8 Å². The SMILES string of the molecule is COc1cc2c(cc1OCCCCCCN1CCN(C(=O)c3ccccc3NCc3ccc4ccccc4c3)CC1)N=C[C@@H]1CCCN1C2=O. The second kappa shape index (κ2) is 15.8. The van der Waals surface area contributed by atoms with E-state index in [-0.39, 0.29) is 17.9 Å². The van der Waals surface area contributed by atoms with Crippen molar-refractivity contribution in [2.24, 2.45) is 4.99 Å². The number of anilines is 1. The quantitative estimate of drug-likeness (QED) is 0.151. The van der Waals surface area contributed by atoms with Gasteiger partial charge in [-0.2, -0.15) is 0 Å². The molecule has 0 saturated carbocycles. The van der Waals surface area contributed by atoms with E-state index in [4.69, 9.17) is 9.47 Å². The lowest BCUT2D eigenvalue weighted by Gasteiger charge is -2.35. The van der Waals surface area contributed by atoms with Crippen molar-refractivity contribution in [1.29, 1.82) is 0 Å². The van der Waals surface area contributed by atoms with Gasteiger partial charge < -0.3 is 24.6 Å². The molecule has 0 aromatic heterocycles. The van der Waals surface area contributed by atoms with Crippen molar-refractivity contribution in [3.8, 4) is 11.5 Å². The predicted octanol–water partition coefficient (Wildman–Crippen LogP) is 7.18. The maximum Gasteiger partial charge on any atom is 0.256 e. The van der Waals surface area contributed by atoms with Crippen LogP contribution in [-0.2, 0) is 6.54 Å². The van der Waals surface area contributed by atoms with E-state index < -0.39 is 0 Å². The van der Waals surface area contributed by atoms with Crippen LogP contribution in [0.1, 0.15) is 64.8 Å². The number of carbonyl (C=O) groups excluding carboxylic acids is 2.